The minimum atomic E-state index is -1.54. The lowest BCUT2D eigenvalue weighted by atomic mass is 9.93. The molecule has 0 aromatic heterocycles. The molecule has 0 radical (unpaired) electrons. The fraction of sp³-hybridized carbons (Fsp3) is 0.588. The van der Waals surface area contributed by atoms with Crippen LogP contribution in [0, 0.1) is 0 Å². The number of aliphatic hydroxyl groups excluding tert-OH is 1. The predicted octanol–water partition coefficient (Wildman–Crippen LogP) is -1.35. The Morgan fingerprint density at radius 2 is 1.66 bits per heavy atom. The molecule has 0 aromatic carbocycles. The van der Waals surface area contributed by atoms with Gasteiger partial charge >= 0.3 is 23.9 Å². The maximum atomic E-state index is 11.6. The average molecular weight is 417 g/mol. The van der Waals surface area contributed by atoms with Crippen LogP contribution in [0.3, 0.4) is 0 Å². The number of carbonyl (C=O) groups is 5. The Morgan fingerprint density at radius 3 is 2.10 bits per heavy atom. The third-order valence-electron chi connectivity index (χ3n) is 3.65. The molecule has 3 N–H and O–H groups in total. The summed E-state index contributed by atoms with van der Waals surface area (Å²) in [4.78, 5) is 57.2. The molecule has 29 heavy (non-hydrogen) atoms. The van der Waals surface area contributed by atoms with E-state index in [2.05, 4.69) is 5.32 Å². The number of aliphatic carboxylic acids is 1. The zero-order valence-electron chi connectivity index (χ0n) is 16.2. The van der Waals surface area contributed by atoms with E-state index in [0.717, 1.165) is 33.8 Å². The van der Waals surface area contributed by atoms with Gasteiger partial charge in [-0.15, -0.1) is 0 Å². The molecule has 5 atom stereocenters. The third-order valence-corrected chi connectivity index (χ3v) is 3.65. The molecule has 1 heterocycles. The van der Waals surface area contributed by atoms with Crippen LogP contribution in [0.1, 0.15) is 27.7 Å². The molecule has 1 rings (SSSR count). The maximum Gasteiger partial charge on any atom is 0.370 e. The predicted molar refractivity (Wildman–Crippen MR) is 91.9 cm³/mol. The highest BCUT2D eigenvalue weighted by Gasteiger charge is 2.47. The second-order valence-corrected chi connectivity index (χ2v) is 6.16. The molecule has 0 bridgehead atoms. The van der Waals surface area contributed by atoms with Gasteiger partial charge in [-0.3, -0.25) is 19.2 Å². The number of amides is 1. The van der Waals surface area contributed by atoms with Gasteiger partial charge in [0, 0.05) is 27.7 Å². The van der Waals surface area contributed by atoms with Crippen molar-refractivity contribution in [1.29, 1.82) is 0 Å². The van der Waals surface area contributed by atoms with Crippen molar-refractivity contribution in [1.82, 2.24) is 5.32 Å². The summed E-state index contributed by atoms with van der Waals surface area (Å²) in [5, 5.41) is 21.9. The van der Waals surface area contributed by atoms with E-state index in [0.29, 0.717) is 0 Å². The summed E-state index contributed by atoms with van der Waals surface area (Å²) in [7, 11) is 0. The monoisotopic (exact) mass is 417 g/mol. The van der Waals surface area contributed by atoms with Crippen molar-refractivity contribution in [3.63, 3.8) is 0 Å². The molecule has 0 spiro atoms. The van der Waals surface area contributed by atoms with E-state index in [-0.39, 0.29) is 0 Å². The molecule has 1 amide bonds. The van der Waals surface area contributed by atoms with Crippen LogP contribution in [0.15, 0.2) is 11.8 Å². The number of carboxylic acids is 1. The van der Waals surface area contributed by atoms with Crippen LogP contribution >= 0.6 is 0 Å². The number of hydrogen-bond acceptors (Lipinski definition) is 10. The fourth-order valence-electron chi connectivity index (χ4n) is 2.66. The summed E-state index contributed by atoms with van der Waals surface area (Å²) >= 11 is 0. The van der Waals surface area contributed by atoms with Crippen molar-refractivity contribution in [2.45, 2.75) is 58.2 Å². The average Bonchev–Trinajstić information content (AvgIpc) is 2.57. The standard InChI is InChI=1S/C17H23NO11/c1-7(19)18-14-11(23)5-12(17(24)25)29-16(14)15(28-10(4)22)13(27-9(3)21)6-26-8(2)20/h5,11,13-16,23H,6H2,1-4H3,(H,18,19)(H,24,25)/t11-,13-,14-,15-,16-/m1/s1. The number of carbonyl (C=O) groups excluding carboxylic acids is 4. The number of esters is 3. The molecule has 0 fully saturated rings. The largest absolute Gasteiger partial charge is 0.477 e. The zero-order valence-corrected chi connectivity index (χ0v) is 16.2. The number of hydrogen-bond donors (Lipinski definition) is 3. The highest BCUT2D eigenvalue weighted by molar-refractivity contribution is 5.84. The first-order chi connectivity index (χ1) is 13.4. The number of carboxylic acid groups (broad SMARTS) is 1. The van der Waals surface area contributed by atoms with Crippen LogP contribution in [0.4, 0.5) is 0 Å². The summed E-state index contributed by atoms with van der Waals surface area (Å²) in [6.45, 7) is 3.77. The lowest BCUT2D eigenvalue weighted by Crippen LogP contribution is -2.61. The van der Waals surface area contributed by atoms with Gasteiger partial charge in [0.15, 0.2) is 18.3 Å². The topological polar surface area (TPSA) is 175 Å². The number of rotatable bonds is 8. The lowest BCUT2D eigenvalue weighted by molar-refractivity contribution is -0.189. The van der Waals surface area contributed by atoms with Crippen molar-refractivity contribution in [2.75, 3.05) is 6.61 Å². The van der Waals surface area contributed by atoms with Gasteiger partial charge in [0.05, 0.1) is 6.04 Å². The van der Waals surface area contributed by atoms with Crippen LogP contribution in [0.5, 0.6) is 0 Å². The Kier molecular flexibility index (Phi) is 8.57. The van der Waals surface area contributed by atoms with Crippen molar-refractivity contribution in [3.05, 3.63) is 11.8 Å². The molecule has 1 aliphatic rings. The summed E-state index contributed by atoms with van der Waals surface area (Å²) in [6.07, 6.45) is -5.12. The summed E-state index contributed by atoms with van der Waals surface area (Å²) in [5.41, 5.74) is 0. The quantitative estimate of drug-likeness (QED) is 0.314. The van der Waals surface area contributed by atoms with Crippen molar-refractivity contribution < 1.29 is 53.1 Å². The molecular formula is C17H23NO11. The van der Waals surface area contributed by atoms with Crippen LogP contribution < -0.4 is 5.32 Å². The second kappa shape index (κ2) is 10.4. The van der Waals surface area contributed by atoms with E-state index in [1.165, 1.54) is 0 Å². The van der Waals surface area contributed by atoms with Gasteiger partial charge < -0.3 is 34.5 Å². The van der Waals surface area contributed by atoms with Gasteiger partial charge in [-0.25, -0.2) is 4.79 Å². The van der Waals surface area contributed by atoms with E-state index in [1.807, 2.05) is 0 Å². The summed E-state index contributed by atoms with van der Waals surface area (Å²) in [6, 6.07) is -1.27. The molecule has 0 unspecified atom stereocenters. The minimum absolute atomic E-state index is 0.554. The van der Waals surface area contributed by atoms with Gasteiger partial charge in [0.2, 0.25) is 11.7 Å². The van der Waals surface area contributed by atoms with Gasteiger partial charge in [-0.2, -0.15) is 0 Å². The minimum Gasteiger partial charge on any atom is -0.477 e. The number of aliphatic hydroxyl groups is 1. The molecule has 162 valence electrons. The second-order valence-electron chi connectivity index (χ2n) is 6.16. The van der Waals surface area contributed by atoms with Crippen LogP contribution in [0.2, 0.25) is 0 Å². The van der Waals surface area contributed by atoms with Gasteiger partial charge in [0.25, 0.3) is 0 Å². The third kappa shape index (κ3) is 7.41. The number of ether oxygens (including phenoxy) is 4. The molecule has 1 aliphatic heterocycles. The molecular weight excluding hydrogens is 394 g/mol. The number of nitrogens with one attached hydrogen (secondary N) is 1. The Balaban J connectivity index is 3.39. The SMILES string of the molecule is CC(=O)N[C@H]1[C@H]([C@H](OC(C)=O)[C@@H](COC(C)=O)OC(C)=O)OC(C(=O)O)=C[C@H]1O. The van der Waals surface area contributed by atoms with Gasteiger partial charge in [0.1, 0.15) is 12.7 Å². The molecule has 0 saturated heterocycles. The first kappa shape index (κ1) is 23.9. The highest BCUT2D eigenvalue weighted by Crippen LogP contribution is 2.26. The Morgan fingerprint density at radius 1 is 1.07 bits per heavy atom. The summed E-state index contributed by atoms with van der Waals surface area (Å²) < 4.78 is 20.4. The van der Waals surface area contributed by atoms with E-state index < -0.39 is 72.6 Å². The van der Waals surface area contributed by atoms with Crippen LogP contribution in [0.25, 0.3) is 0 Å². The Bertz CT molecular complexity index is 701. The van der Waals surface area contributed by atoms with Crippen molar-refractivity contribution in [3.8, 4) is 0 Å². The molecule has 0 aromatic rings. The lowest BCUT2D eigenvalue weighted by Gasteiger charge is -2.40. The highest BCUT2D eigenvalue weighted by atomic mass is 16.6. The molecule has 12 nitrogen and oxygen atoms in total. The smallest absolute Gasteiger partial charge is 0.370 e. The first-order valence-electron chi connectivity index (χ1n) is 8.47. The Hall–Kier alpha value is -3.15. The summed E-state index contributed by atoms with van der Waals surface area (Å²) in [5.74, 6) is -5.20. The van der Waals surface area contributed by atoms with E-state index >= 15 is 0 Å². The molecule has 0 aliphatic carbocycles. The normalized spacial score (nSPS) is 22.8. The van der Waals surface area contributed by atoms with E-state index in [4.69, 9.17) is 18.9 Å². The zero-order chi connectivity index (χ0) is 22.3. The van der Waals surface area contributed by atoms with Crippen LogP contribution in [-0.4, -0.2) is 77.1 Å². The maximum absolute atomic E-state index is 11.6. The fourth-order valence-corrected chi connectivity index (χ4v) is 2.66. The first-order valence-corrected chi connectivity index (χ1v) is 8.47. The van der Waals surface area contributed by atoms with E-state index in [9.17, 15) is 34.2 Å². The van der Waals surface area contributed by atoms with Gasteiger partial charge in [-0.1, -0.05) is 0 Å². The van der Waals surface area contributed by atoms with Crippen molar-refractivity contribution in [2.24, 2.45) is 0 Å². The molecule has 0 saturated carbocycles. The van der Waals surface area contributed by atoms with Crippen molar-refractivity contribution >= 4 is 29.8 Å². The Labute approximate surface area is 165 Å². The molecule has 12 heteroatoms. The van der Waals surface area contributed by atoms with Crippen LogP contribution in [-0.2, 0) is 42.9 Å². The van der Waals surface area contributed by atoms with Gasteiger partial charge in [-0.05, 0) is 6.08 Å². The van der Waals surface area contributed by atoms with E-state index in [1.54, 1.807) is 0 Å².